The highest BCUT2D eigenvalue weighted by Crippen LogP contribution is 2.22. The number of hydrogen-bond donors (Lipinski definition) is 0. The molecule has 0 aromatic rings. The first-order valence-corrected chi connectivity index (χ1v) is 10.7. The largest absolute Gasteiger partial charge is 0.459 e. The zero-order chi connectivity index (χ0) is 22.3. The molecule has 0 saturated carbocycles. The number of carbonyl (C=O) groups is 2. The van der Waals surface area contributed by atoms with E-state index in [2.05, 4.69) is 27.7 Å². The second-order valence-electron chi connectivity index (χ2n) is 8.33. The molecule has 30 heavy (non-hydrogen) atoms. The van der Waals surface area contributed by atoms with Gasteiger partial charge in [-0.3, -0.25) is 0 Å². The van der Waals surface area contributed by atoms with Gasteiger partial charge in [0.25, 0.3) is 0 Å². The van der Waals surface area contributed by atoms with Crippen molar-refractivity contribution in [3.8, 4) is 0 Å². The molecule has 0 radical (unpaired) electrons. The first kappa shape index (κ1) is 23.7. The van der Waals surface area contributed by atoms with Gasteiger partial charge in [-0.25, -0.2) is 9.59 Å². The van der Waals surface area contributed by atoms with Crippen molar-refractivity contribution in [3.63, 3.8) is 0 Å². The van der Waals surface area contributed by atoms with E-state index in [0.717, 1.165) is 12.8 Å². The van der Waals surface area contributed by atoms with Gasteiger partial charge in [-0.05, 0) is 77.2 Å². The lowest BCUT2D eigenvalue weighted by molar-refractivity contribution is -0.149. The Kier molecular flexibility index (Phi) is 8.64. The summed E-state index contributed by atoms with van der Waals surface area (Å²) in [7, 11) is 0. The zero-order valence-electron chi connectivity index (χ0n) is 19.1. The maximum absolute atomic E-state index is 12.5. The minimum atomic E-state index is -0.345. The van der Waals surface area contributed by atoms with Crippen LogP contribution in [0.15, 0.2) is 69.9 Å². The fraction of sp³-hybridized carbons (Fsp3) is 0.462. The highest BCUT2D eigenvalue weighted by molar-refractivity contribution is 5.93. The summed E-state index contributed by atoms with van der Waals surface area (Å²) in [4.78, 5) is 24.9. The van der Waals surface area contributed by atoms with Crippen LogP contribution in [0.1, 0.15) is 67.2 Å². The van der Waals surface area contributed by atoms with Crippen LogP contribution < -0.4 is 0 Å². The normalized spacial score (nSPS) is 17.7. The van der Waals surface area contributed by atoms with Crippen LogP contribution in [0.2, 0.25) is 0 Å². The molecule has 0 aromatic heterocycles. The van der Waals surface area contributed by atoms with E-state index in [0.29, 0.717) is 24.0 Å². The van der Waals surface area contributed by atoms with Gasteiger partial charge in [0.2, 0.25) is 0 Å². The van der Waals surface area contributed by atoms with Gasteiger partial charge in [-0.2, -0.15) is 0 Å². The van der Waals surface area contributed by atoms with Crippen LogP contribution in [-0.2, 0) is 19.1 Å². The second-order valence-corrected chi connectivity index (χ2v) is 8.33. The molecular weight excluding hydrogens is 376 g/mol. The van der Waals surface area contributed by atoms with Crippen LogP contribution in [-0.4, -0.2) is 24.1 Å². The van der Waals surface area contributed by atoms with Crippen LogP contribution in [0.4, 0.5) is 0 Å². The summed E-state index contributed by atoms with van der Waals surface area (Å²) >= 11 is 0. The third-order valence-corrected chi connectivity index (χ3v) is 5.40. The molecule has 0 spiro atoms. The lowest BCUT2D eigenvalue weighted by Gasteiger charge is -2.22. The summed E-state index contributed by atoms with van der Waals surface area (Å²) in [5, 5.41) is 0. The highest BCUT2D eigenvalue weighted by Gasteiger charge is 2.22. The Balaban J connectivity index is 1.87. The van der Waals surface area contributed by atoms with Crippen LogP contribution in [0.3, 0.4) is 0 Å². The Morgan fingerprint density at radius 2 is 1.30 bits per heavy atom. The molecule has 0 fully saturated rings. The molecule has 2 unspecified atom stereocenters. The van der Waals surface area contributed by atoms with E-state index < -0.39 is 0 Å². The van der Waals surface area contributed by atoms with Crippen molar-refractivity contribution >= 4 is 11.9 Å². The fourth-order valence-electron chi connectivity index (χ4n) is 3.32. The maximum atomic E-state index is 12.5. The number of esters is 2. The molecule has 0 saturated heterocycles. The van der Waals surface area contributed by atoms with Crippen LogP contribution >= 0.6 is 0 Å². The minimum Gasteiger partial charge on any atom is -0.459 e. The van der Waals surface area contributed by atoms with Crippen molar-refractivity contribution < 1.29 is 19.1 Å². The Morgan fingerprint density at radius 1 is 0.833 bits per heavy atom. The Bertz CT molecular complexity index is 853. The van der Waals surface area contributed by atoms with Crippen molar-refractivity contribution in [1.29, 1.82) is 0 Å². The van der Waals surface area contributed by atoms with Crippen LogP contribution in [0.25, 0.3) is 0 Å². The van der Waals surface area contributed by atoms with Crippen molar-refractivity contribution in [2.24, 2.45) is 0 Å². The third-order valence-electron chi connectivity index (χ3n) is 5.40. The van der Waals surface area contributed by atoms with Crippen molar-refractivity contribution in [2.45, 2.75) is 79.4 Å². The number of allylic oxidation sites excluding steroid dienone is 8. The lowest BCUT2D eigenvalue weighted by Crippen LogP contribution is -2.26. The minimum absolute atomic E-state index is 0.299. The first-order valence-electron chi connectivity index (χ1n) is 10.7. The van der Waals surface area contributed by atoms with Gasteiger partial charge in [-0.15, -0.1) is 0 Å². The van der Waals surface area contributed by atoms with E-state index in [4.69, 9.17) is 9.47 Å². The molecule has 2 aliphatic carbocycles. The van der Waals surface area contributed by atoms with Crippen LogP contribution in [0, 0.1) is 0 Å². The van der Waals surface area contributed by atoms with Gasteiger partial charge < -0.3 is 9.47 Å². The van der Waals surface area contributed by atoms with Crippen molar-refractivity contribution in [3.05, 3.63) is 69.9 Å². The number of hydrogen-bond acceptors (Lipinski definition) is 4. The Hall–Kier alpha value is -2.62. The molecule has 0 amide bonds. The molecule has 0 aliphatic heterocycles. The molecule has 2 atom stereocenters. The highest BCUT2D eigenvalue weighted by atomic mass is 16.6. The molecule has 4 heteroatoms. The van der Waals surface area contributed by atoms with E-state index in [1.165, 1.54) is 22.3 Å². The summed E-state index contributed by atoms with van der Waals surface area (Å²) in [6.45, 7) is 12.0. The molecule has 162 valence electrons. The molecule has 0 bridgehead atoms. The lowest BCUT2D eigenvalue weighted by atomic mass is 9.99. The van der Waals surface area contributed by atoms with Crippen molar-refractivity contribution in [2.75, 3.05) is 0 Å². The predicted molar refractivity (Wildman–Crippen MR) is 121 cm³/mol. The average molecular weight is 411 g/mol. The molecular formula is C26H34O4. The predicted octanol–water partition coefficient (Wildman–Crippen LogP) is 6.08. The maximum Gasteiger partial charge on any atom is 0.338 e. The summed E-state index contributed by atoms with van der Waals surface area (Å²) in [5.74, 6) is -0.656. The molecule has 2 rings (SSSR count). The van der Waals surface area contributed by atoms with Gasteiger partial charge in [0.15, 0.2) is 0 Å². The van der Waals surface area contributed by atoms with Gasteiger partial charge in [0.05, 0.1) is 11.1 Å². The standard InChI is InChI=1S/C26H34O4/c1-7-24(30-26(28)23-14-10-21(11-15-23)18(4)5)16-19(6)29-25(27)22-12-8-20(9-13-22)17(2)3/h8,10,12-15,19,24H,7,9,11,16H2,1-6H3. The Morgan fingerprint density at radius 3 is 1.67 bits per heavy atom. The SMILES string of the molecule is CCC(CC(C)OC(=O)C1=CCC(=C(C)C)C=C1)OC(=O)C1=CCC(=C(C)C)C=C1. The average Bonchev–Trinajstić information content (AvgIpc) is 2.73. The van der Waals surface area contributed by atoms with Gasteiger partial charge in [0.1, 0.15) is 12.2 Å². The van der Waals surface area contributed by atoms with Gasteiger partial charge in [0, 0.05) is 6.42 Å². The number of carbonyl (C=O) groups excluding carboxylic acids is 2. The topological polar surface area (TPSA) is 52.6 Å². The van der Waals surface area contributed by atoms with Gasteiger partial charge >= 0.3 is 11.9 Å². The van der Waals surface area contributed by atoms with E-state index in [9.17, 15) is 9.59 Å². The summed E-state index contributed by atoms with van der Waals surface area (Å²) in [6.07, 6.45) is 13.3. The third kappa shape index (κ3) is 6.72. The first-order chi connectivity index (χ1) is 14.2. The molecule has 4 nitrogen and oxygen atoms in total. The van der Waals surface area contributed by atoms with E-state index >= 15 is 0 Å². The summed E-state index contributed by atoms with van der Waals surface area (Å²) in [5.41, 5.74) is 6.09. The number of ether oxygens (including phenoxy) is 2. The summed E-state index contributed by atoms with van der Waals surface area (Å²) in [6, 6.07) is 0. The van der Waals surface area contributed by atoms with E-state index in [1.807, 2.05) is 44.2 Å². The van der Waals surface area contributed by atoms with E-state index in [-0.39, 0.29) is 24.1 Å². The molecule has 2 aliphatic rings. The van der Waals surface area contributed by atoms with Crippen molar-refractivity contribution in [1.82, 2.24) is 0 Å². The molecule has 0 aromatic carbocycles. The molecule has 0 heterocycles. The van der Waals surface area contributed by atoms with Gasteiger partial charge in [-0.1, -0.05) is 42.4 Å². The Labute approximate surface area is 180 Å². The fourth-order valence-corrected chi connectivity index (χ4v) is 3.32. The quantitative estimate of drug-likeness (QED) is 0.478. The smallest absolute Gasteiger partial charge is 0.338 e. The summed E-state index contributed by atoms with van der Waals surface area (Å²) < 4.78 is 11.3. The second kappa shape index (κ2) is 11.0. The zero-order valence-corrected chi connectivity index (χ0v) is 19.1. The van der Waals surface area contributed by atoms with Crippen LogP contribution in [0.5, 0.6) is 0 Å². The monoisotopic (exact) mass is 410 g/mol. The van der Waals surface area contributed by atoms with E-state index in [1.54, 1.807) is 6.08 Å². The molecule has 0 N–H and O–H groups in total. The number of rotatable bonds is 7.